The van der Waals surface area contributed by atoms with Gasteiger partial charge in [0.15, 0.2) is 17.3 Å². The van der Waals surface area contributed by atoms with E-state index in [2.05, 4.69) is 5.32 Å². The van der Waals surface area contributed by atoms with Gasteiger partial charge in [-0.2, -0.15) is 0 Å². The number of amides is 2. The van der Waals surface area contributed by atoms with Gasteiger partial charge in [-0.1, -0.05) is 12.1 Å². The lowest BCUT2D eigenvalue weighted by molar-refractivity contribution is -0.124. The lowest BCUT2D eigenvalue weighted by Crippen LogP contribution is -2.18. The quantitative estimate of drug-likeness (QED) is 0.155. The summed E-state index contributed by atoms with van der Waals surface area (Å²) in [4.78, 5) is 34.6. The number of hydroxylamine groups is 1. The first-order valence-electron chi connectivity index (χ1n) is 9.47. The SMILES string of the molecule is CC(=O)c1ccc(NC(=O)O[C@H](CCC/C=C/C(=O)NO)c2ccc(O)c(F)c2)cc1. The first-order chi connectivity index (χ1) is 14.8. The fraction of sp³-hybridized carbons (Fsp3) is 0.227. The van der Waals surface area contributed by atoms with E-state index in [1.807, 2.05) is 0 Å². The maximum absolute atomic E-state index is 13.8. The van der Waals surface area contributed by atoms with Crippen LogP contribution in [-0.4, -0.2) is 28.1 Å². The Morgan fingerprint density at radius 2 is 1.87 bits per heavy atom. The van der Waals surface area contributed by atoms with E-state index >= 15 is 0 Å². The molecule has 0 saturated heterocycles. The van der Waals surface area contributed by atoms with Crippen LogP contribution in [0.1, 0.15) is 48.2 Å². The summed E-state index contributed by atoms with van der Waals surface area (Å²) in [6.07, 6.45) is 2.36. The number of carbonyl (C=O) groups is 3. The third-order valence-electron chi connectivity index (χ3n) is 4.35. The summed E-state index contributed by atoms with van der Waals surface area (Å²) >= 11 is 0. The smallest absolute Gasteiger partial charge is 0.412 e. The lowest BCUT2D eigenvalue weighted by atomic mass is 10.0. The molecule has 0 spiro atoms. The Kier molecular flexibility index (Phi) is 8.71. The van der Waals surface area contributed by atoms with Crippen molar-refractivity contribution in [2.45, 2.75) is 32.3 Å². The van der Waals surface area contributed by atoms with Crippen LogP contribution in [0.15, 0.2) is 54.6 Å². The number of anilines is 1. The standard InChI is InChI=1S/C22H23FN2O6/c1-14(26)15-7-10-17(11-8-15)24-22(29)31-20(5-3-2-4-6-21(28)25-30)16-9-12-19(27)18(23)13-16/h4,6-13,20,27,30H,2-3,5H2,1H3,(H,24,29)(H,25,28)/b6-4+/t20-/m1/s1. The van der Waals surface area contributed by atoms with Gasteiger partial charge in [0.1, 0.15) is 6.10 Å². The molecular formula is C22H23FN2O6. The number of hydrogen-bond acceptors (Lipinski definition) is 6. The van der Waals surface area contributed by atoms with E-state index in [0.717, 1.165) is 12.1 Å². The van der Waals surface area contributed by atoms with Gasteiger partial charge >= 0.3 is 6.09 Å². The third kappa shape index (κ3) is 7.56. The zero-order valence-corrected chi connectivity index (χ0v) is 16.8. The molecule has 2 aromatic carbocycles. The molecular weight excluding hydrogens is 407 g/mol. The predicted octanol–water partition coefficient (Wildman–Crippen LogP) is 4.26. The molecule has 1 atom stereocenters. The largest absolute Gasteiger partial charge is 0.505 e. The van der Waals surface area contributed by atoms with Gasteiger partial charge in [-0.25, -0.2) is 14.7 Å². The molecule has 2 amide bonds. The summed E-state index contributed by atoms with van der Waals surface area (Å²) in [5.74, 6) is -2.13. The van der Waals surface area contributed by atoms with E-state index in [1.54, 1.807) is 24.3 Å². The van der Waals surface area contributed by atoms with Crippen LogP contribution >= 0.6 is 0 Å². The summed E-state index contributed by atoms with van der Waals surface area (Å²) in [5, 5.41) is 20.4. The van der Waals surface area contributed by atoms with E-state index in [9.17, 15) is 23.9 Å². The topological polar surface area (TPSA) is 125 Å². The summed E-state index contributed by atoms with van der Waals surface area (Å²) in [6, 6.07) is 9.97. The Labute approximate surface area is 178 Å². The summed E-state index contributed by atoms with van der Waals surface area (Å²) in [6.45, 7) is 1.43. The van der Waals surface area contributed by atoms with Crippen LogP contribution in [0.2, 0.25) is 0 Å². The third-order valence-corrected chi connectivity index (χ3v) is 4.35. The summed E-state index contributed by atoms with van der Waals surface area (Å²) in [7, 11) is 0. The van der Waals surface area contributed by atoms with E-state index in [0.29, 0.717) is 36.1 Å². The molecule has 2 aromatic rings. The molecule has 9 heteroatoms. The molecule has 31 heavy (non-hydrogen) atoms. The van der Waals surface area contributed by atoms with Gasteiger partial charge in [-0.3, -0.25) is 20.1 Å². The first kappa shape index (κ1) is 23.6. The summed E-state index contributed by atoms with van der Waals surface area (Å²) < 4.78 is 19.2. The molecule has 2 rings (SSSR count). The van der Waals surface area contributed by atoms with Crippen LogP contribution in [0.3, 0.4) is 0 Å². The second-order valence-corrected chi connectivity index (χ2v) is 6.67. The van der Waals surface area contributed by atoms with Crippen molar-refractivity contribution in [2.75, 3.05) is 5.32 Å². The van der Waals surface area contributed by atoms with Crippen molar-refractivity contribution < 1.29 is 33.8 Å². The molecule has 0 heterocycles. The number of benzene rings is 2. The fourth-order valence-corrected chi connectivity index (χ4v) is 2.73. The Balaban J connectivity index is 2.05. The zero-order chi connectivity index (χ0) is 22.8. The molecule has 0 fully saturated rings. The van der Waals surface area contributed by atoms with Crippen LogP contribution in [0.4, 0.5) is 14.9 Å². The lowest BCUT2D eigenvalue weighted by Gasteiger charge is -2.19. The van der Waals surface area contributed by atoms with Crippen LogP contribution in [-0.2, 0) is 9.53 Å². The number of phenols is 1. The highest BCUT2D eigenvalue weighted by molar-refractivity contribution is 5.95. The maximum Gasteiger partial charge on any atom is 0.412 e. The number of hydrogen-bond donors (Lipinski definition) is 4. The Hall–Kier alpha value is -3.72. The minimum Gasteiger partial charge on any atom is -0.505 e. The number of ether oxygens (including phenoxy) is 1. The number of carbonyl (C=O) groups excluding carboxylic acids is 3. The summed E-state index contributed by atoms with van der Waals surface area (Å²) in [5.41, 5.74) is 2.75. The Morgan fingerprint density at radius 1 is 1.16 bits per heavy atom. The molecule has 0 radical (unpaired) electrons. The molecule has 8 nitrogen and oxygen atoms in total. The Morgan fingerprint density at radius 3 is 2.48 bits per heavy atom. The Bertz CT molecular complexity index is 959. The molecule has 0 aromatic heterocycles. The van der Waals surface area contributed by atoms with Crippen molar-refractivity contribution >= 4 is 23.5 Å². The van der Waals surface area contributed by atoms with Gasteiger partial charge in [0, 0.05) is 17.3 Å². The minimum absolute atomic E-state index is 0.103. The van der Waals surface area contributed by atoms with Gasteiger partial charge in [0.25, 0.3) is 5.91 Å². The van der Waals surface area contributed by atoms with E-state index in [4.69, 9.17) is 9.94 Å². The van der Waals surface area contributed by atoms with Crippen LogP contribution in [0, 0.1) is 5.82 Å². The first-order valence-corrected chi connectivity index (χ1v) is 9.47. The highest BCUT2D eigenvalue weighted by Gasteiger charge is 2.18. The molecule has 0 aliphatic rings. The normalized spacial score (nSPS) is 11.7. The number of ketones is 1. The van der Waals surface area contributed by atoms with Crippen molar-refractivity contribution in [3.8, 4) is 5.75 Å². The zero-order valence-electron chi connectivity index (χ0n) is 16.8. The van der Waals surface area contributed by atoms with Crippen LogP contribution in [0.25, 0.3) is 0 Å². The van der Waals surface area contributed by atoms with Crippen LogP contribution in [0.5, 0.6) is 5.75 Å². The molecule has 0 saturated carbocycles. The van der Waals surface area contributed by atoms with Crippen molar-refractivity contribution in [2.24, 2.45) is 0 Å². The van der Waals surface area contributed by atoms with Gasteiger partial charge < -0.3 is 9.84 Å². The molecule has 0 bridgehead atoms. The van der Waals surface area contributed by atoms with Crippen molar-refractivity contribution in [3.63, 3.8) is 0 Å². The number of nitrogens with one attached hydrogen (secondary N) is 2. The van der Waals surface area contributed by atoms with Crippen LogP contribution < -0.4 is 10.8 Å². The molecule has 4 N–H and O–H groups in total. The van der Waals surface area contributed by atoms with E-state index in [1.165, 1.54) is 30.6 Å². The maximum atomic E-state index is 13.8. The number of unbranched alkanes of at least 4 members (excludes halogenated alkanes) is 1. The monoisotopic (exact) mass is 430 g/mol. The average Bonchev–Trinajstić information content (AvgIpc) is 2.74. The van der Waals surface area contributed by atoms with Gasteiger partial charge in [0.2, 0.25) is 0 Å². The van der Waals surface area contributed by atoms with Gasteiger partial charge in [0.05, 0.1) is 0 Å². The second-order valence-electron chi connectivity index (χ2n) is 6.67. The van der Waals surface area contributed by atoms with E-state index < -0.39 is 29.7 Å². The molecule has 0 unspecified atom stereocenters. The number of phenolic OH excluding ortho intramolecular Hbond substituents is 1. The number of allylic oxidation sites excluding steroid dienone is 1. The van der Waals surface area contributed by atoms with Gasteiger partial charge in [-0.15, -0.1) is 0 Å². The molecule has 0 aliphatic heterocycles. The number of Topliss-reactive ketones (excluding diaryl/α,β-unsaturated/α-hetero) is 1. The number of aromatic hydroxyl groups is 1. The average molecular weight is 430 g/mol. The predicted molar refractivity (Wildman–Crippen MR) is 110 cm³/mol. The highest BCUT2D eigenvalue weighted by Crippen LogP contribution is 2.28. The van der Waals surface area contributed by atoms with Gasteiger partial charge in [-0.05, 0) is 68.1 Å². The highest BCUT2D eigenvalue weighted by atomic mass is 19.1. The second kappa shape index (κ2) is 11.5. The van der Waals surface area contributed by atoms with Crippen molar-refractivity contribution in [3.05, 3.63) is 71.6 Å². The molecule has 0 aliphatic carbocycles. The molecule has 164 valence electrons. The minimum atomic E-state index is -0.842. The number of halogens is 1. The fourth-order valence-electron chi connectivity index (χ4n) is 2.73. The van der Waals surface area contributed by atoms with Crippen molar-refractivity contribution in [1.29, 1.82) is 0 Å². The number of rotatable bonds is 9. The van der Waals surface area contributed by atoms with E-state index in [-0.39, 0.29) is 5.78 Å². The van der Waals surface area contributed by atoms with Crippen molar-refractivity contribution in [1.82, 2.24) is 5.48 Å².